The molecule has 1 saturated heterocycles. The first-order valence-corrected chi connectivity index (χ1v) is 9.44. The molecule has 1 fully saturated rings. The number of nitro benzene ring substituents is 2. The van der Waals surface area contributed by atoms with E-state index in [4.69, 9.17) is 27.9 Å². The normalized spacial score (nSPS) is 14.8. The molecule has 11 nitrogen and oxygen atoms in total. The molecule has 0 radical (unpaired) electrons. The molecule has 0 aromatic heterocycles. The highest BCUT2D eigenvalue weighted by Crippen LogP contribution is 2.27. The Morgan fingerprint density at radius 1 is 1.11 bits per heavy atom. The summed E-state index contributed by atoms with van der Waals surface area (Å²) in [5.74, 6) is -0.292. The smallest absolute Gasteiger partial charge is 0.290 e. The monoisotopic (exact) mass is 435 g/mol. The molecule has 0 unspecified atom stereocenters. The lowest BCUT2D eigenvalue weighted by molar-refractivity contribution is -0.394. The molecule has 1 aliphatic heterocycles. The highest BCUT2D eigenvalue weighted by atomic mass is 35.5. The van der Waals surface area contributed by atoms with Crippen molar-refractivity contribution in [3.63, 3.8) is 0 Å². The zero-order chi connectivity index (χ0) is 20.7. The van der Waals surface area contributed by atoms with Gasteiger partial charge >= 0.3 is 0 Å². The fourth-order valence-electron chi connectivity index (χ4n) is 2.75. The number of rotatable bonds is 9. The topological polar surface area (TPSA) is 122 Å². The van der Waals surface area contributed by atoms with Crippen LogP contribution >= 0.6 is 23.2 Å². The van der Waals surface area contributed by atoms with Gasteiger partial charge < -0.3 is 4.74 Å². The Balaban J connectivity index is 2.48. The third-order valence-electron chi connectivity index (χ3n) is 4.01. The van der Waals surface area contributed by atoms with Crippen molar-refractivity contribution in [2.75, 3.05) is 51.2 Å². The molecule has 0 N–H and O–H groups in total. The van der Waals surface area contributed by atoms with E-state index in [2.05, 4.69) is 0 Å². The number of nitro groups is 2. The zero-order valence-electron chi connectivity index (χ0n) is 14.8. The van der Waals surface area contributed by atoms with E-state index in [1.165, 1.54) is 5.12 Å². The number of hydrogen-bond acceptors (Lipinski definition) is 8. The minimum absolute atomic E-state index is 0.202. The summed E-state index contributed by atoms with van der Waals surface area (Å²) < 4.78 is 5.31. The minimum atomic E-state index is -0.814. The highest BCUT2D eigenvalue weighted by Gasteiger charge is 2.34. The Bertz CT molecular complexity index is 725. The Morgan fingerprint density at radius 2 is 1.71 bits per heavy atom. The van der Waals surface area contributed by atoms with Crippen molar-refractivity contribution in [1.29, 1.82) is 0 Å². The standard InChI is InChI=1S/C15H19Cl2N5O6/c16-3-5-18(6-4-17)20(19-7-9-28-10-8-19)15(23)13-2-1-12(21(24)25)11-14(13)22(26)27/h1-2,11H,3-10H2. The highest BCUT2D eigenvalue weighted by molar-refractivity contribution is 6.18. The molecular weight excluding hydrogens is 417 g/mol. The summed E-state index contributed by atoms with van der Waals surface area (Å²) in [6.07, 6.45) is 0. The van der Waals surface area contributed by atoms with Crippen LogP contribution in [-0.4, -0.2) is 82.0 Å². The molecule has 154 valence electrons. The number of alkyl halides is 2. The number of ether oxygens (including phenoxy) is 1. The van der Waals surface area contributed by atoms with E-state index >= 15 is 0 Å². The van der Waals surface area contributed by atoms with Gasteiger partial charge in [-0.1, -0.05) is 0 Å². The predicted molar refractivity (Wildman–Crippen MR) is 101 cm³/mol. The van der Waals surface area contributed by atoms with E-state index in [0.717, 1.165) is 18.2 Å². The summed E-state index contributed by atoms with van der Waals surface area (Å²) in [5, 5.41) is 27.0. The molecule has 0 bridgehead atoms. The quantitative estimate of drug-likeness (QED) is 0.327. The van der Waals surface area contributed by atoms with Crippen LogP contribution in [0.15, 0.2) is 18.2 Å². The van der Waals surface area contributed by atoms with Crippen molar-refractivity contribution in [3.8, 4) is 0 Å². The molecule has 2 rings (SSSR count). The fourth-order valence-corrected chi connectivity index (χ4v) is 3.14. The molecule has 0 aliphatic carbocycles. The van der Waals surface area contributed by atoms with Crippen molar-refractivity contribution in [2.45, 2.75) is 0 Å². The molecule has 28 heavy (non-hydrogen) atoms. The van der Waals surface area contributed by atoms with Crippen LogP contribution in [0.3, 0.4) is 0 Å². The van der Waals surface area contributed by atoms with Crippen LogP contribution in [-0.2, 0) is 4.74 Å². The molecule has 1 heterocycles. The Hall–Kier alpha value is -2.05. The predicted octanol–water partition coefficient (Wildman–Crippen LogP) is 1.89. The van der Waals surface area contributed by atoms with Crippen LogP contribution in [0.5, 0.6) is 0 Å². The van der Waals surface area contributed by atoms with Gasteiger partial charge in [0.1, 0.15) is 5.56 Å². The molecule has 1 aliphatic rings. The maximum Gasteiger partial charge on any atom is 0.290 e. The second-order valence-electron chi connectivity index (χ2n) is 5.71. The van der Waals surface area contributed by atoms with Crippen LogP contribution in [0.25, 0.3) is 0 Å². The molecular formula is C15H19Cl2N5O6. The SMILES string of the molecule is O=C(c1ccc([N+](=O)[O-])cc1[N+](=O)[O-])N(N(CCCl)CCCl)N1CCOCC1. The number of non-ortho nitro benzene ring substituents is 1. The molecule has 0 atom stereocenters. The van der Waals surface area contributed by atoms with E-state index < -0.39 is 27.1 Å². The molecule has 0 saturated carbocycles. The second kappa shape index (κ2) is 10.5. The molecule has 1 amide bonds. The van der Waals surface area contributed by atoms with Gasteiger partial charge in [0.05, 0.1) is 29.1 Å². The van der Waals surface area contributed by atoms with Gasteiger partial charge in [0.2, 0.25) is 0 Å². The minimum Gasteiger partial charge on any atom is -0.379 e. The number of morpholine rings is 1. The van der Waals surface area contributed by atoms with Crippen LogP contribution in [0.1, 0.15) is 10.4 Å². The van der Waals surface area contributed by atoms with Gasteiger partial charge in [0, 0.05) is 44.0 Å². The first-order valence-electron chi connectivity index (χ1n) is 8.37. The van der Waals surface area contributed by atoms with E-state index in [1.807, 2.05) is 0 Å². The first-order chi connectivity index (χ1) is 13.4. The summed E-state index contributed by atoms with van der Waals surface area (Å²) >= 11 is 11.7. The van der Waals surface area contributed by atoms with Crippen molar-refractivity contribution < 1.29 is 19.4 Å². The number of amides is 1. The maximum atomic E-state index is 13.3. The van der Waals surface area contributed by atoms with E-state index in [0.29, 0.717) is 26.3 Å². The molecule has 1 aromatic carbocycles. The third-order valence-corrected chi connectivity index (χ3v) is 4.35. The van der Waals surface area contributed by atoms with Crippen LogP contribution in [0.2, 0.25) is 0 Å². The number of carbonyl (C=O) groups excluding carboxylic acids is 1. The maximum absolute atomic E-state index is 13.3. The van der Waals surface area contributed by atoms with Crippen molar-refractivity contribution in [2.24, 2.45) is 0 Å². The lowest BCUT2D eigenvalue weighted by Gasteiger charge is -2.43. The average Bonchev–Trinajstić information content (AvgIpc) is 2.68. The van der Waals surface area contributed by atoms with Gasteiger partial charge in [-0.2, -0.15) is 10.1 Å². The van der Waals surface area contributed by atoms with Crippen LogP contribution in [0.4, 0.5) is 11.4 Å². The first kappa shape index (κ1) is 22.2. The Labute approximate surface area is 170 Å². The molecule has 13 heteroatoms. The lowest BCUT2D eigenvalue weighted by atomic mass is 10.1. The van der Waals surface area contributed by atoms with Crippen LogP contribution in [0, 0.1) is 20.2 Å². The number of hydrazine groups is 2. The Morgan fingerprint density at radius 3 is 2.21 bits per heavy atom. The number of carbonyl (C=O) groups is 1. The van der Waals surface area contributed by atoms with Gasteiger partial charge in [-0.05, 0) is 6.07 Å². The van der Waals surface area contributed by atoms with E-state index in [-0.39, 0.29) is 30.4 Å². The van der Waals surface area contributed by atoms with Crippen molar-refractivity contribution in [3.05, 3.63) is 44.0 Å². The lowest BCUT2D eigenvalue weighted by Crippen LogP contribution is -2.60. The number of benzene rings is 1. The van der Waals surface area contributed by atoms with Gasteiger partial charge in [0.15, 0.2) is 0 Å². The second-order valence-corrected chi connectivity index (χ2v) is 6.46. The summed E-state index contributed by atoms with van der Waals surface area (Å²) in [4.78, 5) is 34.1. The summed E-state index contributed by atoms with van der Waals surface area (Å²) in [6, 6.07) is 2.93. The summed E-state index contributed by atoms with van der Waals surface area (Å²) in [6.45, 7) is 2.07. The van der Waals surface area contributed by atoms with Crippen molar-refractivity contribution >= 4 is 40.5 Å². The number of halogens is 2. The zero-order valence-corrected chi connectivity index (χ0v) is 16.3. The summed E-state index contributed by atoms with van der Waals surface area (Å²) in [7, 11) is 0. The fraction of sp³-hybridized carbons (Fsp3) is 0.533. The van der Waals surface area contributed by atoms with Crippen molar-refractivity contribution in [1.82, 2.24) is 15.1 Å². The van der Waals surface area contributed by atoms with E-state index in [1.54, 1.807) is 10.0 Å². The van der Waals surface area contributed by atoms with Gasteiger partial charge in [-0.25, -0.2) is 5.01 Å². The molecule has 1 aromatic rings. The van der Waals surface area contributed by atoms with Gasteiger partial charge in [-0.15, -0.1) is 23.2 Å². The van der Waals surface area contributed by atoms with E-state index in [9.17, 15) is 25.0 Å². The number of nitrogens with zero attached hydrogens (tertiary/aromatic N) is 5. The summed E-state index contributed by atoms with van der Waals surface area (Å²) in [5.41, 5.74) is -1.38. The van der Waals surface area contributed by atoms with Crippen LogP contribution < -0.4 is 0 Å². The third kappa shape index (κ3) is 5.26. The molecule has 0 spiro atoms. The average molecular weight is 436 g/mol. The van der Waals surface area contributed by atoms with Gasteiger partial charge in [0.25, 0.3) is 17.3 Å². The Kier molecular flexibility index (Phi) is 8.33. The number of hydrogen-bond donors (Lipinski definition) is 0. The van der Waals surface area contributed by atoms with Gasteiger partial charge in [-0.3, -0.25) is 25.0 Å². The largest absolute Gasteiger partial charge is 0.379 e.